The molecule has 1 fully saturated rings. The van der Waals surface area contributed by atoms with Crippen LogP contribution in [0.2, 0.25) is 0 Å². The highest BCUT2D eigenvalue weighted by atomic mass is 16.3. The third kappa shape index (κ3) is 3.45. The minimum absolute atomic E-state index is 0.0934. The minimum Gasteiger partial charge on any atom is -0.393 e. The van der Waals surface area contributed by atoms with Crippen LogP contribution in [-0.4, -0.2) is 11.2 Å². The van der Waals surface area contributed by atoms with Crippen molar-refractivity contribution in [3.05, 3.63) is 12.7 Å². The minimum atomic E-state index is -0.0934. The third-order valence-corrected chi connectivity index (χ3v) is 3.59. The highest BCUT2D eigenvalue weighted by Crippen LogP contribution is 2.39. The van der Waals surface area contributed by atoms with E-state index in [1.807, 2.05) is 6.08 Å². The van der Waals surface area contributed by atoms with Gasteiger partial charge in [-0.25, -0.2) is 0 Å². The maximum atomic E-state index is 9.93. The Morgan fingerprint density at radius 1 is 1.43 bits per heavy atom. The molecule has 1 heteroatoms. The van der Waals surface area contributed by atoms with Crippen LogP contribution in [0.3, 0.4) is 0 Å². The topological polar surface area (TPSA) is 20.2 Å². The average Bonchev–Trinajstić information content (AvgIpc) is 2.14. The molecule has 0 aromatic heterocycles. The van der Waals surface area contributed by atoms with Crippen LogP contribution in [0.15, 0.2) is 12.7 Å². The molecular weight excluding hydrogens is 172 g/mol. The zero-order chi connectivity index (χ0) is 10.6. The Labute approximate surface area is 88.2 Å². The van der Waals surface area contributed by atoms with Crippen molar-refractivity contribution < 1.29 is 5.11 Å². The van der Waals surface area contributed by atoms with E-state index in [4.69, 9.17) is 0 Å². The first kappa shape index (κ1) is 11.8. The van der Waals surface area contributed by atoms with Crippen molar-refractivity contribution in [1.82, 2.24) is 0 Å². The van der Waals surface area contributed by atoms with Gasteiger partial charge < -0.3 is 5.11 Å². The van der Waals surface area contributed by atoms with Crippen LogP contribution < -0.4 is 0 Å². The second kappa shape index (κ2) is 4.97. The molecule has 1 N–H and O–H groups in total. The Morgan fingerprint density at radius 2 is 2.00 bits per heavy atom. The smallest absolute Gasteiger partial charge is 0.0571 e. The van der Waals surface area contributed by atoms with Crippen molar-refractivity contribution in [1.29, 1.82) is 0 Å². The van der Waals surface area contributed by atoms with Gasteiger partial charge >= 0.3 is 0 Å². The predicted octanol–water partition coefficient (Wildman–Crippen LogP) is 3.53. The standard InChI is InChI=1S/C13H24O/c1-4-5-6-12(14)11-7-9-13(2,3)10-8-11/h4,11-12,14H,1,5-10H2,2-3H3. The zero-order valence-electron chi connectivity index (χ0n) is 9.63. The fourth-order valence-electron chi connectivity index (χ4n) is 2.33. The molecule has 1 aliphatic rings. The Hall–Kier alpha value is -0.300. The van der Waals surface area contributed by atoms with Crippen molar-refractivity contribution >= 4 is 0 Å². The Balaban J connectivity index is 2.30. The van der Waals surface area contributed by atoms with Gasteiger partial charge in [-0.3, -0.25) is 0 Å². The number of aliphatic hydroxyl groups excluding tert-OH is 1. The van der Waals surface area contributed by atoms with Gasteiger partial charge in [-0.2, -0.15) is 0 Å². The van der Waals surface area contributed by atoms with E-state index in [0.29, 0.717) is 11.3 Å². The highest BCUT2D eigenvalue weighted by Gasteiger charge is 2.29. The first-order valence-corrected chi connectivity index (χ1v) is 5.84. The van der Waals surface area contributed by atoms with Gasteiger partial charge in [0.1, 0.15) is 0 Å². The molecule has 0 aromatic carbocycles. The van der Waals surface area contributed by atoms with E-state index < -0.39 is 0 Å². The molecule has 0 radical (unpaired) electrons. The van der Waals surface area contributed by atoms with E-state index in [2.05, 4.69) is 20.4 Å². The lowest BCUT2D eigenvalue weighted by Gasteiger charge is -2.36. The van der Waals surface area contributed by atoms with Crippen LogP contribution in [-0.2, 0) is 0 Å². The summed E-state index contributed by atoms with van der Waals surface area (Å²) >= 11 is 0. The predicted molar refractivity (Wildman–Crippen MR) is 61.2 cm³/mol. The monoisotopic (exact) mass is 196 g/mol. The largest absolute Gasteiger partial charge is 0.393 e. The summed E-state index contributed by atoms with van der Waals surface area (Å²) in [5.74, 6) is 0.544. The summed E-state index contributed by atoms with van der Waals surface area (Å²) in [6.45, 7) is 8.36. The second-order valence-electron chi connectivity index (χ2n) is 5.44. The van der Waals surface area contributed by atoms with E-state index in [1.54, 1.807) is 0 Å². The molecule has 0 amide bonds. The molecule has 0 aromatic rings. The van der Waals surface area contributed by atoms with Crippen LogP contribution in [0.4, 0.5) is 0 Å². The normalized spacial score (nSPS) is 24.5. The summed E-state index contributed by atoms with van der Waals surface area (Å²) in [6.07, 6.45) is 8.58. The molecule has 1 atom stereocenters. The van der Waals surface area contributed by atoms with Crippen molar-refractivity contribution in [3.63, 3.8) is 0 Å². The molecule has 14 heavy (non-hydrogen) atoms. The summed E-state index contributed by atoms with van der Waals surface area (Å²) in [5, 5.41) is 9.93. The first-order chi connectivity index (χ1) is 6.55. The van der Waals surface area contributed by atoms with Gasteiger partial charge in [-0.1, -0.05) is 19.9 Å². The Morgan fingerprint density at radius 3 is 2.50 bits per heavy atom. The molecule has 1 aliphatic carbocycles. The molecule has 0 heterocycles. The summed E-state index contributed by atoms with van der Waals surface area (Å²) in [6, 6.07) is 0. The average molecular weight is 196 g/mol. The van der Waals surface area contributed by atoms with Gasteiger partial charge in [0.25, 0.3) is 0 Å². The SMILES string of the molecule is C=CCCC(O)C1CCC(C)(C)CC1. The van der Waals surface area contributed by atoms with E-state index in [-0.39, 0.29) is 6.10 Å². The van der Waals surface area contributed by atoms with E-state index in [0.717, 1.165) is 12.8 Å². The number of rotatable bonds is 4. The molecule has 0 aliphatic heterocycles. The summed E-state index contributed by atoms with van der Waals surface area (Å²) < 4.78 is 0. The second-order valence-corrected chi connectivity index (χ2v) is 5.44. The summed E-state index contributed by atoms with van der Waals surface area (Å²) in [4.78, 5) is 0. The molecule has 1 rings (SSSR count). The Kier molecular flexibility index (Phi) is 4.18. The quantitative estimate of drug-likeness (QED) is 0.682. The van der Waals surface area contributed by atoms with Crippen molar-refractivity contribution in [2.75, 3.05) is 0 Å². The van der Waals surface area contributed by atoms with Crippen LogP contribution in [0.25, 0.3) is 0 Å². The molecule has 0 saturated heterocycles. The molecule has 1 nitrogen and oxygen atoms in total. The molecule has 1 saturated carbocycles. The fourth-order valence-corrected chi connectivity index (χ4v) is 2.33. The molecule has 82 valence electrons. The maximum Gasteiger partial charge on any atom is 0.0571 e. The van der Waals surface area contributed by atoms with Crippen molar-refractivity contribution in [3.8, 4) is 0 Å². The van der Waals surface area contributed by atoms with Gasteiger partial charge in [0, 0.05) is 0 Å². The number of allylic oxidation sites excluding steroid dienone is 1. The van der Waals surface area contributed by atoms with Gasteiger partial charge in [-0.05, 0) is 49.9 Å². The van der Waals surface area contributed by atoms with Gasteiger partial charge in [0.05, 0.1) is 6.10 Å². The van der Waals surface area contributed by atoms with E-state index in [9.17, 15) is 5.11 Å². The van der Waals surface area contributed by atoms with Crippen LogP contribution in [0, 0.1) is 11.3 Å². The molecular formula is C13H24O. The third-order valence-electron chi connectivity index (χ3n) is 3.59. The molecule has 0 bridgehead atoms. The van der Waals surface area contributed by atoms with E-state index >= 15 is 0 Å². The van der Waals surface area contributed by atoms with Gasteiger partial charge in [0.2, 0.25) is 0 Å². The maximum absolute atomic E-state index is 9.93. The fraction of sp³-hybridized carbons (Fsp3) is 0.846. The van der Waals surface area contributed by atoms with Gasteiger partial charge in [-0.15, -0.1) is 6.58 Å². The lowest BCUT2D eigenvalue weighted by atomic mass is 9.71. The first-order valence-electron chi connectivity index (χ1n) is 5.84. The number of hydrogen-bond donors (Lipinski definition) is 1. The number of aliphatic hydroxyl groups is 1. The lowest BCUT2D eigenvalue weighted by Crippen LogP contribution is -2.28. The Bertz CT molecular complexity index is 174. The van der Waals surface area contributed by atoms with Crippen molar-refractivity contribution in [2.24, 2.45) is 11.3 Å². The van der Waals surface area contributed by atoms with E-state index in [1.165, 1.54) is 25.7 Å². The summed E-state index contributed by atoms with van der Waals surface area (Å²) in [5.41, 5.74) is 0.509. The van der Waals surface area contributed by atoms with Crippen LogP contribution in [0.1, 0.15) is 52.4 Å². The van der Waals surface area contributed by atoms with Crippen LogP contribution >= 0.6 is 0 Å². The molecule has 1 unspecified atom stereocenters. The number of hydrogen-bond acceptors (Lipinski definition) is 1. The highest BCUT2D eigenvalue weighted by molar-refractivity contribution is 4.83. The van der Waals surface area contributed by atoms with Gasteiger partial charge in [0.15, 0.2) is 0 Å². The lowest BCUT2D eigenvalue weighted by molar-refractivity contribution is 0.0522. The van der Waals surface area contributed by atoms with Crippen LogP contribution in [0.5, 0.6) is 0 Å². The zero-order valence-corrected chi connectivity index (χ0v) is 9.63. The molecule has 0 spiro atoms. The van der Waals surface area contributed by atoms with Crippen molar-refractivity contribution in [2.45, 2.75) is 58.5 Å². The summed E-state index contributed by atoms with van der Waals surface area (Å²) in [7, 11) is 0.